The van der Waals surface area contributed by atoms with Gasteiger partial charge in [0.1, 0.15) is 5.78 Å². The van der Waals surface area contributed by atoms with E-state index in [2.05, 4.69) is 19.9 Å². The first-order valence-electron chi connectivity index (χ1n) is 4.32. The Morgan fingerprint density at radius 2 is 1.91 bits per heavy atom. The van der Waals surface area contributed by atoms with E-state index in [1.54, 1.807) is 6.92 Å². The van der Waals surface area contributed by atoms with Crippen molar-refractivity contribution in [3.05, 3.63) is 11.6 Å². The molecule has 0 amide bonds. The van der Waals surface area contributed by atoms with Crippen molar-refractivity contribution in [1.82, 2.24) is 0 Å². The molecule has 0 saturated carbocycles. The van der Waals surface area contributed by atoms with Crippen molar-refractivity contribution in [3.8, 4) is 0 Å². The summed E-state index contributed by atoms with van der Waals surface area (Å²) in [7, 11) is 0. The molecule has 0 N–H and O–H groups in total. The van der Waals surface area contributed by atoms with Crippen molar-refractivity contribution in [2.75, 3.05) is 0 Å². The van der Waals surface area contributed by atoms with Crippen molar-refractivity contribution >= 4 is 5.78 Å². The molecule has 64 valence electrons. The summed E-state index contributed by atoms with van der Waals surface area (Å²) in [6.07, 6.45) is 6.15. The molecule has 0 saturated heterocycles. The van der Waals surface area contributed by atoms with Crippen LogP contribution in [0.3, 0.4) is 0 Å². The van der Waals surface area contributed by atoms with Crippen LogP contribution in [-0.4, -0.2) is 5.78 Å². The van der Waals surface area contributed by atoms with E-state index >= 15 is 0 Å². The Morgan fingerprint density at radius 1 is 1.27 bits per heavy atom. The number of hydrogen-bond acceptors (Lipinski definition) is 1. The standard InChI is InChI=1S/C10H18O/c1-4-6-9(2)7-5-8-10(3)11/h7H,4-6,8H2,1-3H3. The first kappa shape index (κ1) is 10.4. The molecule has 0 atom stereocenters. The lowest BCUT2D eigenvalue weighted by Crippen LogP contribution is -1.87. The second kappa shape index (κ2) is 6.14. The summed E-state index contributed by atoms with van der Waals surface area (Å²) in [4.78, 5) is 10.6. The van der Waals surface area contributed by atoms with Gasteiger partial charge in [-0.15, -0.1) is 0 Å². The quantitative estimate of drug-likeness (QED) is 0.556. The highest BCUT2D eigenvalue weighted by Crippen LogP contribution is 2.05. The van der Waals surface area contributed by atoms with Gasteiger partial charge in [0.15, 0.2) is 0 Å². The van der Waals surface area contributed by atoms with Crippen molar-refractivity contribution < 1.29 is 4.79 Å². The topological polar surface area (TPSA) is 17.1 Å². The van der Waals surface area contributed by atoms with Crippen LogP contribution in [-0.2, 0) is 4.79 Å². The Hall–Kier alpha value is -0.590. The van der Waals surface area contributed by atoms with Crippen LogP contribution < -0.4 is 0 Å². The van der Waals surface area contributed by atoms with Crippen molar-refractivity contribution in [2.24, 2.45) is 0 Å². The largest absolute Gasteiger partial charge is 0.300 e. The third-order valence-electron chi connectivity index (χ3n) is 1.63. The van der Waals surface area contributed by atoms with E-state index in [1.165, 1.54) is 12.0 Å². The first-order valence-corrected chi connectivity index (χ1v) is 4.32. The fourth-order valence-electron chi connectivity index (χ4n) is 1.02. The van der Waals surface area contributed by atoms with Gasteiger partial charge in [-0.05, 0) is 26.7 Å². The Labute approximate surface area is 69.5 Å². The third-order valence-corrected chi connectivity index (χ3v) is 1.63. The molecule has 0 bridgehead atoms. The second-order valence-corrected chi connectivity index (χ2v) is 3.04. The predicted molar refractivity (Wildman–Crippen MR) is 48.6 cm³/mol. The van der Waals surface area contributed by atoms with E-state index in [-0.39, 0.29) is 5.78 Å². The van der Waals surface area contributed by atoms with Gasteiger partial charge in [0.2, 0.25) is 0 Å². The van der Waals surface area contributed by atoms with E-state index in [4.69, 9.17) is 0 Å². The maximum absolute atomic E-state index is 10.6. The molecule has 0 aliphatic rings. The third kappa shape index (κ3) is 7.31. The predicted octanol–water partition coefficient (Wildman–Crippen LogP) is 3.10. The van der Waals surface area contributed by atoms with Gasteiger partial charge in [-0.3, -0.25) is 0 Å². The number of allylic oxidation sites excluding steroid dienone is 2. The number of Topliss-reactive ketones (excluding diaryl/α,β-unsaturated/α-hetero) is 1. The van der Waals surface area contributed by atoms with E-state index in [9.17, 15) is 4.79 Å². The van der Waals surface area contributed by atoms with Crippen LogP contribution in [0.25, 0.3) is 0 Å². The number of hydrogen-bond donors (Lipinski definition) is 0. The van der Waals surface area contributed by atoms with Gasteiger partial charge < -0.3 is 4.79 Å². The fourth-order valence-corrected chi connectivity index (χ4v) is 1.02. The second-order valence-electron chi connectivity index (χ2n) is 3.04. The molecule has 1 nitrogen and oxygen atoms in total. The van der Waals surface area contributed by atoms with Gasteiger partial charge in [-0.1, -0.05) is 25.0 Å². The van der Waals surface area contributed by atoms with Gasteiger partial charge in [0, 0.05) is 6.42 Å². The van der Waals surface area contributed by atoms with Crippen LogP contribution in [0.15, 0.2) is 11.6 Å². The summed E-state index contributed by atoms with van der Waals surface area (Å²) in [6, 6.07) is 0. The molecule has 0 unspecified atom stereocenters. The van der Waals surface area contributed by atoms with Crippen LogP contribution in [0.2, 0.25) is 0 Å². The molecule has 0 aromatic heterocycles. The zero-order valence-electron chi connectivity index (χ0n) is 7.81. The Bertz CT molecular complexity index is 145. The summed E-state index contributed by atoms with van der Waals surface area (Å²) >= 11 is 0. The molecule has 0 aromatic carbocycles. The van der Waals surface area contributed by atoms with Gasteiger partial charge >= 0.3 is 0 Å². The van der Waals surface area contributed by atoms with Gasteiger partial charge in [-0.2, -0.15) is 0 Å². The highest BCUT2D eigenvalue weighted by Gasteiger charge is 1.90. The van der Waals surface area contributed by atoms with Crippen LogP contribution >= 0.6 is 0 Å². The summed E-state index contributed by atoms with van der Waals surface area (Å²) in [6.45, 7) is 5.94. The van der Waals surface area contributed by atoms with Gasteiger partial charge in [0.05, 0.1) is 0 Å². The average molecular weight is 154 g/mol. The summed E-state index contributed by atoms with van der Waals surface area (Å²) < 4.78 is 0. The lowest BCUT2D eigenvalue weighted by atomic mass is 10.1. The van der Waals surface area contributed by atoms with Crippen molar-refractivity contribution in [2.45, 2.75) is 46.5 Å². The average Bonchev–Trinajstić information content (AvgIpc) is 1.87. The van der Waals surface area contributed by atoms with E-state index < -0.39 is 0 Å². The molecule has 11 heavy (non-hydrogen) atoms. The maximum Gasteiger partial charge on any atom is 0.130 e. The Morgan fingerprint density at radius 3 is 2.36 bits per heavy atom. The van der Waals surface area contributed by atoms with Crippen LogP contribution in [0.1, 0.15) is 46.5 Å². The minimum absolute atomic E-state index is 0.283. The molecule has 0 spiro atoms. The molecular formula is C10H18O. The molecule has 0 aliphatic carbocycles. The van der Waals surface area contributed by atoms with Crippen LogP contribution in [0, 0.1) is 0 Å². The van der Waals surface area contributed by atoms with Crippen molar-refractivity contribution in [1.29, 1.82) is 0 Å². The lowest BCUT2D eigenvalue weighted by molar-refractivity contribution is -0.116. The summed E-state index contributed by atoms with van der Waals surface area (Å²) in [5, 5.41) is 0. The molecule has 0 radical (unpaired) electrons. The maximum atomic E-state index is 10.6. The molecule has 0 aromatic rings. The summed E-state index contributed by atoms with van der Waals surface area (Å²) in [5.74, 6) is 0.283. The lowest BCUT2D eigenvalue weighted by Gasteiger charge is -1.96. The molecule has 0 fully saturated rings. The van der Waals surface area contributed by atoms with Crippen LogP contribution in [0.4, 0.5) is 0 Å². The van der Waals surface area contributed by atoms with Gasteiger partial charge in [0.25, 0.3) is 0 Å². The summed E-state index contributed by atoms with van der Waals surface area (Å²) in [5.41, 5.74) is 1.41. The van der Waals surface area contributed by atoms with E-state index in [0.29, 0.717) is 6.42 Å². The zero-order chi connectivity index (χ0) is 8.69. The zero-order valence-corrected chi connectivity index (χ0v) is 7.81. The van der Waals surface area contributed by atoms with E-state index in [1.807, 2.05) is 0 Å². The Kier molecular flexibility index (Phi) is 5.81. The molecule has 0 aliphatic heterocycles. The molecule has 0 rings (SSSR count). The highest BCUT2D eigenvalue weighted by atomic mass is 16.1. The monoisotopic (exact) mass is 154 g/mol. The smallest absolute Gasteiger partial charge is 0.130 e. The highest BCUT2D eigenvalue weighted by molar-refractivity contribution is 5.75. The van der Waals surface area contributed by atoms with Crippen LogP contribution in [0.5, 0.6) is 0 Å². The fraction of sp³-hybridized carbons (Fsp3) is 0.700. The number of carbonyl (C=O) groups excluding carboxylic acids is 1. The minimum atomic E-state index is 0.283. The Balaban J connectivity index is 3.47. The normalized spacial score (nSPS) is 11.7. The number of rotatable bonds is 5. The molecule has 1 heteroatoms. The first-order chi connectivity index (χ1) is 5.16. The SMILES string of the molecule is CCCC(C)=CCCC(C)=O. The molecular weight excluding hydrogens is 136 g/mol. The number of ketones is 1. The van der Waals surface area contributed by atoms with Crippen molar-refractivity contribution in [3.63, 3.8) is 0 Å². The minimum Gasteiger partial charge on any atom is -0.300 e. The molecule has 0 heterocycles. The van der Waals surface area contributed by atoms with E-state index in [0.717, 1.165) is 12.8 Å². The number of carbonyl (C=O) groups is 1. The van der Waals surface area contributed by atoms with Gasteiger partial charge in [-0.25, -0.2) is 0 Å².